The number of esters is 1. The Morgan fingerprint density at radius 3 is 2.28 bits per heavy atom. The molecule has 0 saturated heterocycles. The quantitative estimate of drug-likeness (QED) is 0.439. The van der Waals surface area contributed by atoms with Crippen LogP contribution >= 0.6 is 12.1 Å². The van der Waals surface area contributed by atoms with Gasteiger partial charge in [0.15, 0.2) is 0 Å². The van der Waals surface area contributed by atoms with E-state index in [0.29, 0.717) is 11.5 Å². The van der Waals surface area contributed by atoms with Gasteiger partial charge in [-0.1, -0.05) is 0 Å². The van der Waals surface area contributed by atoms with Gasteiger partial charge in [0, 0.05) is 30.3 Å². The van der Waals surface area contributed by atoms with Crippen LogP contribution in [-0.4, -0.2) is 48.3 Å². The van der Waals surface area contributed by atoms with Gasteiger partial charge in [0.25, 0.3) is 0 Å². The molecule has 11 heteroatoms. The Hall–Kier alpha value is -3.05. The fraction of sp³-hybridized carbons (Fsp3) is 0.222. The number of amides is 1. The zero-order valence-corrected chi connectivity index (χ0v) is 16.1. The lowest BCUT2D eigenvalue weighted by atomic mass is 10.3. The molecule has 2 rings (SSSR count). The molecule has 0 saturated carbocycles. The first kappa shape index (κ1) is 22.2. The van der Waals surface area contributed by atoms with Crippen LogP contribution in [-0.2, 0) is 9.53 Å². The minimum Gasteiger partial charge on any atom is -0.492 e. The molecule has 0 unspecified atom stereocenters. The van der Waals surface area contributed by atoms with Gasteiger partial charge < -0.3 is 19.3 Å². The highest BCUT2D eigenvalue weighted by Gasteiger charge is 2.13. The zero-order chi connectivity index (χ0) is 21.2. The highest BCUT2D eigenvalue weighted by atomic mass is 32.2. The average molecular weight is 428 g/mol. The first-order valence-corrected chi connectivity index (χ1v) is 8.98. The summed E-state index contributed by atoms with van der Waals surface area (Å²) in [5.41, 5.74) is 0. The van der Waals surface area contributed by atoms with E-state index in [4.69, 9.17) is 14.6 Å². The lowest BCUT2D eigenvalue weighted by molar-refractivity contribution is -0.139. The van der Waals surface area contributed by atoms with E-state index >= 15 is 0 Å². The van der Waals surface area contributed by atoms with E-state index in [1.54, 1.807) is 24.3 Å². The van der Waals surface area contributed by atoms with Crippen molar-refractivity contribution in [2.75, 3.05) is 26.8 Å². The van der Waals surface area contributed by atoms with Crippen LogP contribution in [0.15, 0.2) is 42.5 Å². The molecule has 0 radical (unpaired) electrons. The number of hydrogen-bond acceptors (Lipinski definition) is 7. The average Bonchev–Trinajstić information content (AvgIpc) is 2.67. The summed E-state index contributed by atoms with van der Waals surface area (Å²) < 4.78 is 45.2. The number of carboxylic acid groups (broad SMARTS) is 1. The Balaban J connectivity index is 1.81. The van der Waals surface area contributed by atoms with Crippen LogP contribution in [0.4, 0.5) is 13.6 Å². The van der Waals surface area contributed by atoms with Crippen LogP contribution < -0.4 is 14.2 Å². The molecule has 0 fully saturated rings. The Morgan fingerprint density at radius 1 is 1.07 bits per heavy atom. The number of ether oxygens (including phenoxy) is 3. The van der Waals surface area contributed by atoms with Gasteiger partial charge >= 0.3 is 12.1 Å². The van der Waals surface area contributed by atoms with Crippen LogP contribution in [0.3, 0.4) is 0 Å². The lowest BCUT2D eigenvalue weighted by Gasteiger charge is -2.17. The van der Waals surface area contributed by atoms with Crippen molar-refractivity contribution >= 4 is 24.2 Å². The molecule has 0 aromatic heterocycles. The van der Waals surface area contributed by atoms with Gasteiger partial charge in [-0.05, 0) is 24.3 Å². The van der Waals surface area contributed by atoms with Crippen molar-refractivity contribution in [3.8, 4) is 17.2 Å². The topological polar surface area (TPSA) is 97.3 Å². The summed E-state index contributed by atoms with van der Waals surface area (Å²) in [7, 11) is 1.23. The van der Waals surface area contributed by atoms with Gasteiger partial charge in [0.1, 0.15) is 42.0 Å². The minimum atomic E-state index is -1.21. The van der Waals surface area contributed by atoms with E-state index in [1.807, 2.05) is 0 Å². The highest BCUT2D eigenvalue weighted by molar-refractivity contribution is 7.95. The summed E-state index contributed by atoms with van der Waals surface area (Å²) >= 11 is 0.736. The summed E-state index contributed by atoms with van der Waals surface area (Å²) in [6.45, 7) is -0.0774. The Bertz CT molecular complexity index is 817. The van der Waals surface area contributed by atoms with Crippen molar-refractivity contribution in [2.45, 2.75) is 0 Å². The molecule has 0 aliphatic rings. The molecular formula is C18H18F2N2O6S. The van der Waals surface area contributed by atoms with E-state index in [-0.39, 0.29) is 25.4 Å². The third-order valence-corrected chi connectivity index (χ3v) is 4.12. The highest BCUT2D eigenvalue weighted by Crippen LogP contribution is 2.25. The van der Waals surface area contributed by atoms with Crippen molar-refractivity contribution in [1.82, 2.24) is 9.03 Å². The first-order chi connectivity index (χ1) is 13.9. The maximum absolute atomic E-state index is 13.2. The fourth-order valence-electron chi connectivity index (χ4n) is 2.00. The van der Waals surface area contributed by atoms with Gasteiger partial charge in [0.05, 0.1) is 13.7 Å². The molecule has 0 aliphatic heterocycles. The molecule has 1 amide bonds. The number of methoxy groups -OCH3 is 1. The number of benzene rings is 2. The first-order valence-electron chi connectivity index (χ1n) is 8.21. The second kappa shape index (κ2) is 11.1. The summed E-state index contributed by atoms with van der Waals surface area (Å²) in [6.07, 6.45) is -1.21. The molecule has 0 atom stereocenters. The van der Waals surface area contributed by atoms with Gasteiger partial charge in [0.2, 0.25) is 0 Å². The van der Waals surface area contributed by atoms with Crippen molar-refractivity contribution in [3.63, 3.8) is 0 Å². The molecule has 156 valence electrons. The van der Waals surface area contributed by atoms with E-state index in [0.717, 1.165) is 34.6 Å². The van der Waals surface area contributed by atoms with Crippen LogP contribution in [0.25, 0.3) is 0 Å². The summed E-state index contributed by atoms with van der Waals surface area (Å²) in [5.74, 6) is -1.21. The fourth-order valence-corrected chi connectivity index (χ4v) is 2.58. The molecule has 8 nitrogen and oxygen atoms in total. The third kappa shape index (κ3) is 7.84. The van der Waals surface area contributed by atoms with E-state index < -0.39 is 23.7 Å². The third-order valence-electron chi connectivity index (χ3n) is 3.29. The number of rotatable bonds is 10. The van der Waals surface area contributed by atoms with Crippen LogP contribution in [0.1, 0.15) is 0 Å². The van der Waals surface area contributed by atoms with Crippen molar-refractivity contribution < 1.29 is 37.7 Å². The number of nitrogens with one attached hydrogen (secondary N) is 1. The molecule has 0 bridgehead atoms. The summed E-state index contributed by atoms with van der Waals surface area (Å²) in [5, 5.41) is 9.13. The van der Waals surface area contributed by atoms with Gasteiger partial charge in [-0.15, -0.1) is 0 Å². The Kier molecular flexibility index (Phi) is 8.49. The molecule has 0 heterocycles. The predicted octanol–water partition coefficient (Wildman–Crippen LogP) is 3.44. The van der Waals surface area contributed by atoms with Crippen molar-refractivity contribution in [2.24, 2.45) is 0 Å². The standard InChI is InChI=1S/C18H18F2N2O6S/c1-26-17(23)11-21-29-22(18(24)25)6-7-27-14-2-4-15(5-3-14)28-16-9-12(19)8-13(20)10-16/h2-5,8-10,21H,6-7,11H2,1H3,(H,24,25). The monoisotopic (exact) mass is 428 g/mol. The number of hydrogen-bond donors (Lipinski definition) is 2. The molecule has 2 aromatic rings. The van der Waals surface area contributed by atoms with E-state index in [2.05, 4.69) is 9.46 Å². The lowest BCUT2D eigenvalue weighted by Crippen LogP contribution is -2.32. The van der Waals surface area contributed by atoms with Gasteiger partial charge in [-0.25, -0.2) is 22.6 Å². The summed E-state index contributed by atoms with van der Waals surface area (Å²) in [6, 6.07) is 9.07. The molecule has 2 aromatic carbocycles. The van der Waals surface area contributed by atoms with E-state index in [1.165, 1.54) is 7.11 Å². The normalized spacial score (nSPS) is 10.3. The van der Waals surface area contributed by atoms with Crippen LogP contribution in [0, 0.1) is 11.6 Å². The van der Waals surface area contributed by atoms with Crippen LogP contribution in [0.2, 0.25) is 0 Å². The van der Waals surface area contributed by atoms with Crippen LogP contribution in [0.5, 0.6) is 17.2 Å². The molecule has 0 spiro atoms. The Labute approximate surface area is 169 Å². The number of halogens is 2. The minimum absolute atomic E-state index is 0.0183. The van der Waals surface area contributed by atoms with Crippen molar-refractivity contribution in [1.29, 1.82) is 0 Å². The predicted molar refractivity (Wildman–Crippen MR) is 101 cm³/mol. The van der Waals surface area contributed by atoms with Crippen molar-refractivity contribution in [3.05, 3.63) is 54.1 Å². The summed E-state index contributed by atoms with van der Waals surface area (Å²) in [4.78, 5) is 22.2. The molecule has 2 N–H and O–H groups in total. The van der Waals surface area contributed by atoms with E-state index in [9.17, 15) is 18.4 Å². The second-order valence-corrected chi connectivity index (χ2v) is 6.31. The number of carbonyl (C=O) groups is 2. The SMILES string of the molecule is COC(=O)CNSN(CCOc1ccc(Oc2cc(F)cc(F)c2)cc1)C(=O)O. The number of carbonyl (C=O) groups excluding carboxylic acids is 1. The molecule has 29 heavy (non-hydrogen) atoms. The van der Waals surface area contributed by atoms with Gasteiger partial charge in [-0.2, -0.15) is 0 Å². The molecular weight excluding hydrogens is 410 g/mol. The maximum Gasteiger partial charge on any atom is 0.418 e. The smallest absolute Gasteiger partial charge is 0.418 e. The second-order valence-electron chi connectivity index (χ2n) is 5.40. The molecule has 0 aliphatic carbocycles. The zero-order valence-electron chi connectivity index (χ0n) is 15.3. The maximum atomic E-state index is 13.2. The largest absolute Gasteiger partial charge is 0.492 e. The number of nitrogens with zero attached hydrogens (tertiary/aromatic N) is 1. The van der Waals surface area contributed by atoms with Gasteiger partial charge in [-0.3, -0.25) is 4.79 Å². The Morgan fingerprint density at radius 2 is 1.69 bits per heavy atom.